The summed E-state index contributed by atoms with van der Waals surface area (Å²) in [5.41, 5.74) is 0.906. The Bertz CT molecular complexity index is 1290. The number of carbonyl (C=O) groups is 1. The Kier molecular flexibility index (Phi) is 19.4. The minimum Gasteiger partial charge on any atom is -0.460 e. The molecule has 49 heavy (non-hydrogen) atoms. The summed E-state index contributed by atoms with van der Waals surface area (Å²) in [6.07, 6.45) is 18.2. The fourth-order valence-corrected chi connectivity index (χ4v) is 5.53. The molecule has 0 aromatic heterocycles. The van der Waals surface area contributed by atoms with Gasteiger partial charge in [-0.25, -0.2) is 9.59 Å². The number of benzene rings is 2. The maximum absolute atomic E-state index is 13.7. The molecule has 1 aliphatic carbocycles. The van der Waals surface area contributed by atoms with Crippen LogP contribution in [0.3, 0.4) is 0 Å². The van der Waals surface area contributed by atoms with E-state index in [1.807, 2.05) is 50.3 Å². The number of carbonyl (C=O) groups excluding carboxylic acids is 2. The molecule has 0 aliphatic heterocycles. The predicted octanol–water partition coefficient (Wildman–Crippen LogP) is 9.21. The molecule has 0 N–H and O–H groups in total. The van der Waals surface area contributed by atoms with Crippen molar-refractivity contribution in [3.05, 3.63) is 84.5 Å². The number of rotatable bonds is 26. The van der Waals surface area contributed by atoms with Gasteiger partial charge < -0.3 is 28.4 Å². The highest BCUT2D eigenvalue weighted by molar-refractivity contribution is 5.88. The smallest absolute Gasteiger partial charge is 0.348 e. The van der Waals surface area contributed by atoms with E-state index in [9.17, 15) is 9.59 Å². The normalized spacial score (nSPS) is 16.2. The summed E-state index contributed by atoms with van der Waals surface area (Å²) < 4.78 is 34.8. The molecular weight excluding hydrogens is 620 g/mol. The van der Waals surface area contributed by atoms with Crippen molar-refractivity contribution in [3.8, 4) is 11.5 Å². The van der Waals surface area contributed by atoms with Gasteiger partial charge in [-0.15, -0.1) is 0 Å². The average Bonchev–Trinajstić information content (AvgIpc) is 3.12. The zero-order valence-corrected chi connectivity index (χ0v) is 29.7. The van der Waals surface area contributed by atoms with Crippen molar-refractivity contribution in [1.82, 2.24) is 0 Å². The lowest BCUT2D eigenvalue weighted by molar-refractivity contribution is -0.156. The second-order valence-corrected chi connectivity index (χ2v) is 12.1. The number of hydrogen-bond donors (Lipinski definition) is 0. The average molecular weight is 677 g/mol. The monoisotopic (exact) mass is 676 g/mol. The number of allylic oxidation sites excluding steroid dienone is 2. The van der Waals surface area contributed by atoms with Crippen LogP contribution in [0.4, 0.5) is 0 Å². The van der Waals surface area contributed by atoms with Crippen LogP contribution in [0.15, 0.2) is 78.9 Å². The molecule has 8 heteroatoms. The zero-order valence-electron chi connectivity index (χ0n) is 29.7. The van der Waals surface area contributed by atoms with Gasteiger partial charge in [0.2, 0.25) is 6.29 Å². The topological polar surface area (TPSA) is 89.5 Å². The first-order chi connectivity index (χ1) is 24.0. The van der Waals surface area contributed by atoms with Crippen LogP contribution < -0.4 is 9.47 Å². The Morgan fingerprint density at radius 3 is 2.06 bits per heavy atom. The standard InChI is InChI=1S/C41H56O8/c1-4-7-32-46-39(28-31-42)48-36-22-24-37(25-23-36)49-40(43)41(29-26-35(27-30-41)34-19-15-14-16-20-34)47-33-18-13-11-9-8-10-12-17-21-38(44-5-2)45-6-3/h14-16,19-20,22-29,38-39H,4-13,17-18,21,30,32-33H2,1-3H3. The highest BCUT2D eigenvalue weighted by atomic mass is 16.7. The first-order valence-corrected chi connectivity index (χ1v) is 18.2. The van der Waals surface area contributed by atoms with E-state index < -0.39 is 17.9 Å². The maximum Gasteiger partial charge on any atom is 0.348 e. The van der Waals surface area contributed by atoms with Crippen LogP contribution in [0.2, 0.25) is 0 Å². The van der Waals surface area contributed by atoms with E-state index in [1.54, 1.807) is 30.2 Å². The molecule has 0 saturated carbocycles. The Morgan fingerprint density at radius 1 is 0.796 bits per heavy atom. The molecule has 0 bridgehead atoms. The van der Waals surface area contributed by atoms with Crippen LogP contribution in [0.1, 0.15) is 103 Å². The SMILES string of the molecule is CCCCOC(C=C=O)Oc1ccc(OC(=O)C2(OCCCCCCCCCCC(OCC)OCC)C=CC(c3ccccc3)=CC2)cc1. The highest BCUT2D eigenvalue weighted by Crippen LogP contribution is 2.32. The Hall–Kier alpha value is -3.52. The molecule has 0 spiro atoms. The summed E-state index contributed by atoms with van der Waals surface area (Å²) in [6, 6.07) is 16.7. The van der Waals surface area contributed by atoms with Crippen molar-refractivity contribution in [2.24, 2.45) is 0 Å². The van der Waals surface area contributed by atoms with Crippen LogP contribution in [0.5, 0.6) is 11.5 Å². The number of ether oxygens (including phenoxy) is 6. The first-order valence-electron chi connectivity index (χ1n) is 18.2. The van der Waals surface area contributed by atoms with Crippen LogP contribution in [-0.2, 0) is 28.5 Å². The molecule has 268 valence electrons. The molecule has 2 aromatic rings. The highest BCUT2D eigenvalue weighted by Gasteiger charge is 2.40. The quantitative estimate of drug-likeness (QED) is 0.0320. The van der Waals surface area contributed by atoms with E-state index >= 15 is 0 Å². The Labute approximate surface area is 293 Å². The largest absolute Gasteiger partial charge is 0.460 e. The van der Waals surface area contributed by atoms with E-state index in [0.29, 0.717) is 44.3 Å². The van der Waals surface area contributed by atoms with E-state index in [4.69, 9.17) is 28.4 Å². The summed E-state index contributed by atoms with van der Waals surface area (Å²) in [7, 11) is 0. The third-order valence-corrected chi connectivity index (χ3v) is 8.28. The number of unbranched alkanes of at least 4 members (excludes halogenated alkanes) is 8. The second-order valence-electron chi connectivity index (χ2n) is 12.1. The summed E-state index contributed by atoms with van der Waals surface area (Å²) in [5.74, 6) is 2.10. The van der Waals surface area contributed by atoms with Gasteiger partial charge in [-0.05, 0) is 81.0 Å². The van der Waals surface area contributed by atoms with Crippen LogP contribution >= 0.6 is 0 Å². The molecule has 2 aromatic carbocycles. The maximum atomic E-state index is 13.7. The van der Waals surface area contributed by atoms with Crippen molar-refractivity contribution in [2.45, 2.75) is 116 Å². The molecule has 3 rings (SSSR count). The summed E-state index contributed by atoms with van der Waals surface area (Å²) >= 11 is 0. The van der Waals surface area contributed by atoms with E-state index in [0.717, 1.165) is 56.1 Å². The van der Waals surface area contributed by atoms with Crippen molar-refractivity contribution in [1.29, 1.82) is 0 Å². The Morgan fingerprint density at radius 2 is 1.45 bits per heavy atom. The minimum absolute atomic E-state index is 0.0727. The molecule has 0 amide bonds. The third-order valence-electron chi connectivity index (χ3n) is 8.28. The fourth-order valence-electron chi connectivity index (χ4n) is 5.53. The van der Waals surface area contributed by atoms with Gasteiger partial charge in [-0.2, -0.15) is 0 Å². The molecular formula is C41H56O8. The van der Waals surface area contributed by atoms with Gasteiger partial charge in [0.15, 0.2) is 11.9 Å². The van der Waals surface area contributed by atoms with Gasteiger partial charge >= 0.3 is 5.97 Å². The Balaban J connectivity index is 1.49. The summed E-state index contributed by atoms with van der Waals surface area (Å²) in [6.45, 7) is 8.35. The fraction of sp³-hybridized carbons (Fsp3) is 0.537. The van der Waals surface area contributed by atoms with Crippen molar-refractivity contribution >= 4 is 17.5 Å². The molecule has 0 heterocycles. The summed E-state index contributed by atoms with van der Waals surface area (Å²) in [4.78, 5) is 24.6. The van der Waals surface area contributed by atoms with Gasteiger partial charge in [0.25, 0.3) is 0 Å². The van der Waals surface area contributed by atoms with Crippen LogP contribution in [0, 0.1) is 0 Å². The lowest BCUT2D eigenvalue weighted by Crippen LogP contribution is -2.43. The zero-order chi connectivity index (χ0) is 35.0. The van der Waals surface area contributed by atoms with Gasteiger partial charge in [0.1, 0.15) is 17.4 Å². The van der Waals surface area contributed by atoms with Gasteiger partial charge in [0, 0.05) is 26.2 Å². The van der Waals surface area contributed by atoms with Crippen molar-refractivity contribution < 1.29 is 38.0 Å². The van der Waals surface area contributed by atoms with E-state index in [1.165, 1.54) is 31.8 Å². The molecule has 2 unspecified atom stereocenters. The molecule has 0 radical (unpaired) electrons. The van der Waals surface area contributed by atoms with Gasteiger partial charge in [-0.3, -0.25) is 0 Å². The predicted molar refractivity (Wildman–Crippen MR) is 193 cm³/mol. The lowest BCUT2D eigenvalue weighted by Gasteiger charge is -2.30. The first kappa shape index (κ1) is 39.9. The van der Waals surface area contributed by atoms with Gasteiger partial charge in [-0.1, -0.05) is 94.4 Å². The van der Waals surface area contributed by atoms with E-state index in [-0.39, 0.29) is 6.29 Å². The molecule has 0 saturated heterocycles. The summed E-state index contributed by atoms with van der Waals surface area (Å²) in [5, 5.41) is 0. The van der Waals surface area contributed by atoms with Crippen LogP contribution in [0.25, 0.3) is 5.57 Å². The molecule has 0 fully saturated rings. The van der Waals surface area contributed by atoms with Gasteiger partial charge in [0.05, 0.1) is 12.7 Å². The van der Waals surface area contributed by atoms with Crippen molar-refractivity contribution in [2.75, 3.05) is 26.4 Å². The number of esters is 1. The molecule has 2 atom stereocenters. The van der Waals surface area contributed by atoms with E-state index in [2.05, 4.69) is 19.1 Å². The molecule has 8 nitrogen and oxygen atoms in total. The van der Waals surface area contributed by atoms with Crippen molar-refractivity contribution in [3.63, 3.8) is 0 Å². The lowest BCUT2D eigenvalue weighted by atomic mass is 9.89. The third kappa shape index (κ3) is 14.9. The molecule has 1 aliphatic rings. The van der Waals surface area contributed by atoms with Crippen LogP contribution in [-0.4, -0.2) is 56.5 Å². The minimum atomic E-state index is -1.22. The number of hydrogen-bond acceptors (Lipinski definition) is 8. The second kappa shape index (κ2) is 23.8.